The summed E-state index contributed by atoms with van der Waals surface area (Å²) < 4.78 is 0. The molecule has 1 unspecified atom stereocenters. The lowest BCUT2D eigenvalue weighted by Crippen LogP contribution is -2.49. The molecular formula is C35H77NPSi6+. The Hall–Kier alpha value is 0.491. The third kappa shape index (κ3) is 11.3. The number of hydrogen-bond acceptors (Lipinski definition) is 1. The molecule has 250 valence electrons. The lowest BCUT2D eigenvalue weighted by Gasteiger charge is -2.46. The lowest BCUT2D eigenvalue weighted by atomic mass is 10.0. The van der Waals surface area contributed by atoms with Crippen LogP contribution in [0.2, 0.25) is 118 Å². The van der Waals surface area contributed by atoms with Crippen LogP contribution in [0.1, 0.15) is 46.0 Å². The molecule has 0 bridgehead atoms. The first kappa shape index (κ1) is 41.5. The molecule has 1 aromatic rings. The van der Waals surface area contributed by atoms with Gasteiger partial charge in [0.05, 0.1) is 5.66 Å². The zero-order valence-electron chi connectivity index (χ0n) is 33.5. The number of allylic oxidation sites excluding steroid dienone is 2. The largest absolute Gasteiger partial charge is 0.359 e. The fourth-order valence-electron chi connectivity index (χ4n) is 9.07. The maximum absolute atomic E-state index is 4.27. The molecule has 1 rings (SSSR count). The van der Waals surface area contributed by atoms with E-state index in [1.807, 2.05) is 0 Å². The first-order valence-electron chi connectivity index (χ1n) is 17.1. The van der Waals surface area contributed by atoms with E-state index in [0.717, 1.165) is 5.16 Å². The van der Waals surface area contributed by atoms with Gasteiger partial charge in [-0.3, -0.25) is 0 Å². The normalized spacial score (nSPS) is 16.0. The lowest BCUT2D eigenvalue weighted by molar-refractivity contribution is 1.07. The van der Waals surface area contributed by atoms with E-state index in [2.05, 4.69) is 175 Å². The van der Waals surface area contributed by atoms with Gasteiger partial charge in [-0.15, -0.1) is 0 Å². The second kappa shape index (κ2) is 13.5. The average Bonchev–Trinajstić information content (AvgIpc) is 2.62. The van der Waals surface area contributed by atoms with E-state index in [9.17, 15) is 0 Å². The molecule has 0 fully saturated rings. The Labute approximate surface area is 278 Å². The third-order valence-corrected chi connectivity index (χ3v) is 39.9. The monoisotopic (exact) mass is 710 g/mol. The summed E-state index contributed by atoms with van der Waals surface area (Å²) in [6.07, 6.45) is 2.57. The van der Waals surface area contributed by atoms with E-state index in [1.165, 1.54) is 11.4 Å². The molecule has 1 N–H and O–H groups in total. The van der Waals surface area contributed by atoms with Crippen LogP contribution < -0.4 is 5.32 Å². The summed E-state index contributed by atoms with van der Waals surface area (Å²) in [5.74, 6) is 0. The van der Waals surface area contributed by atoms with Crippen LogP contribution in [0.4, 0.5) is 5.69 Å². The second-order valence-electron chi connectivity index (χ2n) is 21.4. The minimum Gasteiger partial charge on any atom is -0.359 e. The van der Waals surface area contributed by atoms with Crippen molar-refractivity contribution in [3.63, 3.8) is 0 Å². The topological polar surface area (TPSA) is 12.0 Å². The van der Waals surface area contributed by atoms with Gasteiger partial charge in [0, 0.05) is 87.1 Å². The van der Waals surface area contributed by atoms with E-state index < -0.39 is 55.7 Å². The number of hydrogen-bond donors (Lipinski definition) is 1. The number of nitrogens with one attached hydrogen (secondary N) is 1. The van der Waals surface area contributed by atoms with Gasteiger partial charge in [-0.25, -0.2) is 0 Å². The van der Waals surface area contributed by atoms with Crippen LogP contribution in [-0.4, -0.2) is 74.1 Å². The van der Waals surface area contributed by atoms with Gasteiger partial charge >= 0.3 is 0 Å². The highest BCUT2D eigenvalue weighted by Crippen LogP contribution is 2.53. The molecule has 0 aliphatic rings. The minimum absolute atomic E-state index is 0.615. The van der Waals surface area contributed by atoms with Crippen molar-refractivity contribution in [2.24, 2.45) is 0 Å². The Morgan fingerprint density at radius 1 is 0.558 bits per heavy atom. The van der Waals surface area contributed by atoms with Gasteiger partial charge in [0.25, 0.3) is 0 Å². The summed E-state index contributed by atoms with van der Waals surface area (Å²) in [5, 5.41) is 6.42. The van der Waals surface area contributed by atoms with Crippen molar-refractivity contribution in [1.29, 1.82) is 0 Å². The molecule has 8 heteroatoms. The Morgan fingerprint density at radius 2 is 0.837 bits per heavy atom. The van der Waals surface area contributed by atoms with Gasteiger partial charge in [0.1, 0.15) is 0 Å². The smallest absolute Gasteiger partial charge is 0.0859 e. The molecule has 1 atom stereocenters. The van der Waals surface area contributed by atoms with Crippen LogP contribution in [0, 0.1) is 0 Å². The first-order chi connectivity index (χ1) is 18.6. The molecule has 0 aliphatic heterocycles. The van der Waals surface area contributed by atoms with Gasteiger partial charge in [-0.05, 0) is 52.1 Å². The number of anilines is 1. The maximum atomic E-state index is 4.27. The molecule has 0 saturated carbocycles. The predicted octanol–water partition coefficient (Wildman–Crippen LogP) is 12.8. The second-order valence-corrected chi connectivity index (χ2v) is 60.0. The Kier molecular flexibility index (Phi) is 13.1. The quantitative estimate of drug-likeness (QED) is 0.159. The molecule has 0 saturated heterocycles. The highest BCUT2D eigenvalue weighted by Gasteiger charge is 2.46. The highest BCUT2D eigenvalue weighted by atomic mass is 31.2. The molecule has 0 heterocycles. The number of benzene rings is 1. The molecular weight excluding hydrogens is 634 g/mol. The summed E-state index contributed by atoms with van der Waals surface area (Å²) in [4.78, 5) is 0. The summed E-state index contributed by atoms with van der Waals surface area (Å²) in [6.45, 7) is 60.0. The molecule has 1 aromatic carbocycles. The number of rotatable bonds is 13. The fourth-order valence-corrected chi connectivity index (χ4v) is 47.9. The van der Waals surface area contributed by atoms with Gasteiger partial charge in [0.15, 0.2) is 0 Å². The summed E-state index contributed by atoms with van der Waals surface area (Å²) in [5.41, 5.74) is 8.64. The van der Waals surface area contributed by atoms with Crippen LogP contribution in [0.5, 0.6) is 0 Å². The summed E-state index contributed by atoms with van der Waals surface area (Å²) in [6, 6.07) is 5.63. The highest BCUT2D eigenvalue weighted by molar-refractivity contribution is 7.74. The van der Waals surface area contributed by atoms with Crippen molar-refractivity contribution in [3.05, 3.63) is 40.6 Å². The van der Waals surface area contributed by atoms with Crippen molar-refractivity contribution in [2.45, 2.75) is 153 Å². The molecule has 1 nitrogen and oxygen atoms in total. The summed E-state index contributed by atoms with van der Waals surface area (Å²) in [7, 11) is -10.1. The standard InChI is InChI=1S/C35H77NPSi6/c1-27(24-28(2)37(3,4)5)36-32-30(34(40(12,13)14)41(15,16)17)25-29(33(38(6,7)8)39(9,10)11)26-31(32)35(42(18,19)20)43(21,22)23/h24-26,28,33-36H,1-23H3/q+1/b27-24-. The van der Waals surface area contributed by atoms with E-state index in [0.29, 0.717) is 16.0 Å². The van der Waals surface area contributed by atoms with Crippen molar-refractivity contribution in [2.75, 3.05) is 25.3 Å². The summed E-state index contributed by atoms with van der Waals surface area (Å²) >= 11 is 0. The van der Waals surface area contributed by atoms with E-state index in [1.54, 1.807) is 16.7 Å². The molecule has 0 spiro atoms. The van der Waals surface area contributed by atoms with Crippen molar-refractivity contribution < 1.29 is 0 Å². The van der Waals surface area contributed by atoms with Crippen LogP contribution in [0.3, 0.4) is 0 Å². The Morgan fingerprint density at radius 3 is 1.07 bits per heavy atom. The van der Waals surface area contributed by atoms with Crippen LogP contribution >= 0.6 is 7.26 Å². The van der Waals surface area contributed by atoms with Gasteiger partial charge < -0.3 is 5.32 Å². The Bertz CT molecular complexity index is 1030. The molecule has 0 amide bonds. The van der Waals surface area contributed by atoms with E-state index in [4.69, 9.17) is 0 Å². The Balaban J connectivity index is 4.62. The van der Waals surface area contributed by atoms with Crippen LogP contribution in [0.15, 0.2) is 23.9 Å². The van der Waals surface area contributed by atoms with Crippen LogP contribution in [0.25, 0.3) is 0 Å². The van der Waals surface area contributed by atoms with Gasteiger partial charge in [0.2, 0.25) is 0 Å². The molecule has 43 heavy (non-hydrogen) atoms. The van der Waals surface area contributed by atoms with Crippen LogP contribution in [-0.2, 0) is 0 Å². The predicted molar refractivity (Wildman–Crippen MR) is 226 cm³/mol. The van der Waals surface area contributed by atoms with Crippen molar-refractivity contribution in [1.82, 2.24) is 0 Å². The zero-order chi connectivity index (χ0) is 34.5. The fraction of sp³-hybridized carbons (Fsp3) is 0.771. The van der Waals surface area contributed by atoms with Crippen molar-refractivity contribution in [3.8, 4) is 0 Å². The molecule has 0 aliphatic carbocycles. The SMILES string of the molecule is C/C(=C/C(C)[P+](C)(C)C)Nc1c(C([Si](C)(C)C)[Si](C)(C)C)cc(C([Si](C)(C)C)[Si](C)(C)C)cc1C([Si](C)(C)C)[Si](C)(C)C. The maximum Gasteiger partial charge on any atom is 0.0859 e. The van der Waals surface area contributed by atoms with E-state index >= 15 is 0 Å². The first-order valence-corrected chi connectivity index (χ1v) is 41.7. The average molecular weight is 711 g/mol. The minimum atomic E-state index is -1.55. The zero-order valence-corrected chi connectivity index (χ0v) is 40.4. The van der Waals surface area contributed by atoms with Crippen molar-refractivity contribution >= 4 is 61.4 Å². The third-order valence-electron chi connectivity index (χ3n) is 9.41. The molecule has 0 radical (unpaired) electrons. The molecule has 0 aromatic heterocycles. The van der Waals surface area contributed by atoms with Gasteiger partial charge in [-0.1, -0.05) is 130 Å². The van der Waals surface area contributed by atoms with Gasteiger partial charge in [-0.2, -0.15) is 0 Å². The van der Waals surface area contributed by atoms with E-state index in [-0.39, 0.29) is 0 Å².